The maximum Gasteiger partial charge on any atom is 0.214 e. The van der Waals surface area contributed by atoms with Gasteiger partial charge in [-0.1, -0.05) is 0 Å². The second-order valence-electron chi connectivity index (χ2n) is 6.84. The fraction of sp³-hybridized carbons (Fsp3) is 0.556. The number of likely N-dealkylation sites (tertiary alicyclic amines) is 1. The molecular formula is C18H22N6O. The number of ether oxygens (including phenoxy) is 1. The zero-order valence-corrected chi connectivity index (χ0v) is 14.3. The molecule has 0 spiro atoms. The van der Waals surface area contributed by atoms with Gasteiger partial charge in [-0.25, -0.2) is 4.98 Å². The van der Waals surface area contributed by atoms with Gasteiger partial charge in [0.05, 0.1) is 24.8 Å². The Labute approximate surface area is 147 Å². The van der Waals surface area contributed by atoms with Crippen LogP contribution in [0.25, 0.3) is 0 Å². The Kier molecular flexibility index (Phi) is 4.61. The van der Waals surface area contributed by atoms with Crippen LogP contribution >= 0.6 is 0 Å². The van der Waals surface area contributed by atoms with Crippen molar-refractivity contribution in [1.29, 1.82) is 5.26 Å². The summed E-state index contributed by atoms with van der Waals surface area (Å²) in [4.78, 5) is 6.63. The van der Waals surface area contributed by atoms with Crippen molar-refractivity contribution in [3.8, 4) is 11.9 Å². The highest BCUT2D eigenvalue weighted by Crippen LogP contribution is 2.21. The lowest BCUT2D eigenvalue weighted by Gasteiger charge is -2.32. The number of fused-ring (bicyclic) bond motifs is 1. The molecule has 4 rings (SSSR count). The van der Waals surface area contributed by atoms with Gasteiger partial charge in [0.25, 0.3) is 0 Å². The highest BCUT2D eigenvalue weighted by atomic mass is 16.5. The number of aromatic nitrogens is 4. The molecule has 1 saturated heterocycles. The van der Waals surface area contributed by atoms with E-state index in [9.17, 15) is 0 Å². The molecule has 0 N–H and O–H groups in total. The van der Waals surface area contributed by atoms with Crippen molar-refractivity contribution >= 4 is 0 Å². The first-order valence-electron chi connectivity index (χ1n) is 8.94. The van der Waals surface area contributed by atoms with Crippen LogP contribution in [0.4, 0.5) is 0 Å². The minimum Gasteiger partial charge on any atom is -0.477 e. The average Bonchev–Trinajstić information content (AvgIpc) is 3.26. The third kappa shape index (κ3) is 3.64. The van der Waals surface area contributed by atoms with Gasteiger partial charge in [0.1, 0.15) is 11.6 Å². The SMILES string of the molecule is N#Cc1ccnc(OCC2CCCN(Cc3nnc4n3CCC4)C2)c1. The molecule has 1 atom stereocenters. The Morgan fingerprint density at radius 2 is 2.24 bits per heavy atom. The van der Waals surface area contributed by atoms with E-state index >= 15 is 0 Å². The van der Waals surface area contributed by atoms with E-state index in [4.69, 9.17) is 10.00 Å². The Bertz CT molecular complexity index is 780. The fourth-order valence-corrected chi connectivity index (χ4v) is 3.72. The number of rotatable bonds is 5. The zero-order valence-electron chi connectivity index (χ0n) is 14.3. The predicted octanol–water partition coefficient (Wildman–Crippen LogP) is 1.78. The summed E-state index contributed by atoms with van der Waals surface area (Å²) in [6.45, 7) is 4.65. The van der Waals surface area contributed by atoms with E-state index < -0.39 is 0 Å². The molecule has 7 heteroatoms. The van der Waals surface area contributed by atoms with E-state index in [0.29, 0.717) is 24.0 Å². The molecule has 0 radical (unpaired) electrons. The zero-order chi connectivity index (χ0) is 17.1. The third-order valence-corrected chi connectivity index (χ3v) is 4.99. The Morgan fingerprint density at radius 1 is 1.28 bits per heavy atom. The first-order chi connectivity index (χ1) is 12.3. The van der Waals surface area contributed by atoms with Crippen LogP contribution in [0.5, 0.6) is 5.88 Å². The molecule has 7 nitrogen and oxygen atoms in total. The Balaban J connectivity index is 1.32. The van der Waals surface area contributed by atoms with Crippen molar-refractivity contribution < 1.29 is 4.74 Å². The van der Waals surface area contributed by atoms with Gasteiger partial charge in [-0.15, -0.1) is 10.2 Å². The predicted molar refractivity (Wildman–Crippen MR) is 90.8 cm³/mol. The van der Waals surface area contributed by atoms with E-state index in [1.807, 2.05) is 0 Å². The van der Waals surface area contributed by atoms with Gasteiger partial charge in [0.2, 0.25) is 5.88 Å². The second kappa shape index (κ2) is 7.19. The van der Waals surface area contributed by atoms with E-state index in [1.54, 1.807) is 18.3 Å². The molecule has 1 fully saturated rings. The Morgan fingerprint density at radius 3 is 3.16 bits per heavy atom. The van der Waals surface area contributed by atoms with Gasteiger partial charge in [0, 0.05) is 37.7 Å². The quantitative estimate of drug-likeness (QED) is 0.827. The van der Waals surface area contributed by atoms with Crippen molar-refractivity contribution in [1.82, 2.24) is 24.6 Å². The topological polar surface area (TPSA) is 79.9 Å². The highest BCUT2D eigenvalue weighted by Gasteiger charge is 2.24. The fourth-order valence-electron chi connectivity index (χ4n) is 3.72. The normalized spacial score (nSPS) is 20.2. The minimum absolute atomic E-state index is 0.474. The maximum absolute atomic E-state index is 8.95. The third-order valence-electron chi connectivity index (χ3n) is 4.99. The summed E-state index contributed by atoms with van der Waals surface area (Å²) < 4.78 is 8.10. The first-order valence-corrected chi connectivity index (χ1v) is 8.94. The van der Waals surface area contributed by atoms with Crippen LogP contribution in [0.1, 0.15) is 36.5 Å². The molecule has 0 bridgehead atoms. The monoisotopic (exact) mass is 338 g/mol. The lowest BCUT2D eigenvalue weighted by molar-refractivity contribution is 0.120. The van der Waals surface area contributed by atoms with Crippen molar-refractivity contribution in [3.05, 3.63) is 35.5 Å². The van der Waals surface area contributed by atoms with Gasteiger partial charge >= 0.3 is 0 Å². The van der Waals surface area contributed by atoms with Crippen molar-refractivity contribution in [3.63, 3.8) is 0 Å². The van der Waals surface area contributed by atoms with Gasteiger partial charge in [-0.05, 0) is 31.9 Å². The molecule has 2 aromatic heterocycles. The summed E-state index contributed by atoms with van der Waals surface area (Å²) in [6.07, 6.45) is 6.18. The van der Waals surface area contributed by atoms with Crippen LogP contribution in [-0.4, -0.2) is 44.3 Å². The number of nitriles is 1. The van der Waals surface area contributed by atoms with Crippen molar-refractivity contribution in [2.75, 3.05) is 19.7 Å². The van der Waals surface area contributed by atoms with E-state index in [-0.39, 0.29) is 0 Å². The molecule has 0 saturated carbocycles. The van der Waals surface area contributed by atoms with Gasteiger partial charge in [0.15, 0.2) is 0 Å². The summed E-state index contributed by atoms with van der Waals surface area (Å²) in [5.41, 5.74) is 0.580. The summed E-state index contributed by atoms with van der Waals surface area (Å²) in [7, 11) is 0. The molecule has 0 aliphatic carbocycles. The first kappa shape index (κ1) is 16.0. The highest BCUT2D eigenvalue weighted by molar-refractivity contribution is 5.31. The number of piperidine rings is 1. The van der Waals surface area contributed by atoms with Crippen molar-refractivity contribution in [2.24, 2.45) is 5.92 Å². The molecule has 25 heavy (non-hydrogen) atoms. The number of pyridine rings is 1. The van der Waals surface area contributed by atoms with Crippen LogP contribution in [0.3, 0.4) is 0 Å². The molecule has 0 amide bonds. The number of nitrogens with zero attached hydrogens (tertiary/aromatic N) is 6. The van der Waals surface area contributed by atoms with Crippen LogP contribution < -0.4 is 4.74 Å². The van der Waals surface area contributed by atoms with Crippen LogP contribution in [0.2, 0.25) is 0 Å². The number of aryl methyl sites for hydroxylation is 1. The molecule has 2 aliphatic rings. The number of hydrogen-bond acceptors (Lipinski definition) is 6. The second-order valence-corrected chi connectivity index (χ2v) is 6.84. The molecule has 130 valence electrons. The standard InChI is InChI=1S/C18H22N6O/c19-10-14-5-6-20-18(9-14)25-13-15-3-1-7-23(11-15)12-17-22-21-16-4-2-8-24(16)17/h5-6,9,15H,1-4,7-8,11-13H2. The lowest BCUT2D eigenvalue weighted by Crippen LogP contribution is -2.37. The molecule has 0 aromatic carbocycles. The largest absolute Gasteiger partial charge is 0.477 e. The molecule has 4 heterocycles. The smallest absolute Gasteiger partial charge is 0.214 e. The van der Waals surface area contributed by atoms with E-state index in [2.05, 4.69) is 30.7 Å². The molecule has 1 unspecified atom stereocenters. The maximum atomic E-state index is 8.95. The van der Waals surface area contributed by atoms with Gasteiger partial charge in [-0.2, -0.15) is 5.26 Å². The van der Waals surface area contributed by atoms with Crippen molar-refractivity contribution in [2.45, 2.75) is 38.8 Å². The van der Waals surface area contributed by atoms with Gasteiger partial charge < -0.3 is 9.30 Å². The van der Waals surface area contributed by atoms with E-state index in [1.165, 1.54) is 12.8 Å². The van der Waals surface area contributed by atoms with Crippen LogP contribution in [0, 0.1) is 17.2 Å². The summed E-state index contributed by atoms with van der Waals surface area (Å²) in [5.74, 6) is 3.24. The summed E-state index contributed by atoms with van der Waals surface area (Å²) in [6, 6.07) is 5.50. The minimum atomic E-state index is 0.474. The van der Waals surface area contributed by atoms with Crippen LogP contribution in [0.15, 0.2) is 18.3 Å². The van der Waals surface area contributed by atoms with E-state index in [0.717, 1.165) is 50.7 Å². The summed E-state index contributed by atoms with van der Waals surface area (Å²) in [5, 5.41) is 17.6. The van der Waals surface area contributed by atoms with Crippen LogP contribution in [-0.2, 0) is 19.5 Å². The molecule has 2 aliphatic heterocycles. The molecule has 2 aromatic rings. The summed E-state index contributed by atoms with van der Waals surface area (Å²) >= 11 is 0. The number of hydrogen-bond donors (Lipinski definition) is 0. The Hall–Kier alpha value is -2.46. The average molecular weight is 338 g/mol. The molecular weight excluding hydrogens is 316 g/mol. The van der Waals surface area contributed by atoms with Gasteiger partial charge in [-0.3, -0.25) is 4.90 Å². The lowest BCUT2D eigenvalue weighted by atomic mass is 9.99.